The second-order valence-electron chi connectivity index (χ2n) is 5.76. The van der Waals surface area contributed by atoms with E-state index in [0.717, 1.165) is 16.8 Å². The third-order valence-corrected chi connectivity index (χ3v) is 3.93. The zero-order valence-corrected chi connectivity index (χ0v) is 15.0. The Labute approximate surface area is 152 Å². The van der Waals surface area contributed by atoms with E-state index in [1.165, 1.54) is 0 Å². The number of nitrogens with zero attached hydrogens (tertiary/aromatic N) is 1. The minimum Gasteiger partial charge on any atom is -0.505 e. The third kappa shape index (κ3) is 3.63. The lowest BCUT2D eigenvalue weighted by Crippen LogP contribution is -2.09. The maximum absolute atomic E-state index is 10.7. The molecule has 0 aliphatic heterocycles. The van der Waals surface area contributed by atoms with Gasteiger partial charge < -0.3 is 19.9 Å². The standard InChI is InChI=1S/C21H22N2O3/c1-4-25-14(2)20-21(24)17-11-10-16(26-15-8-6-5-7-9-15)12-18(17)19(23-20)13-22-3/h5-12,22,24H,2,4,13H2,1,3H3. The van der Waals surface area contributed by atoms with Crippen LogP contribution in [0.5, 0.6) is 17.2 Å². The molecular weight excluding hydrogens is 328 g/mol. The number of ether oxygens (including phenoxy) is 2. The Morgan fingerprint density at radius 3 is 2.58 bits per heavy atom. The van der Waals surface area contributed by atoms with E-state index in [1.807, 2.05) is 62.5 Å². The molecule has 0 aliphatic rings. The molecule has 5 heteroatoms. The first kappa shape index (κ1) is 17.8. The summed E-state index contributed by atoms with van der Waals surface area (Å²) in [4.78, 5) is 4.56. The van der Waals surface area contributed by atoms with Gasteiger partial charge >= 0.3 is 0 Å². The normalized spacial score (nSPS) is 10.7. The van der Waals surface area contributed by atoms with Crippen molar-refractivity contribution in [2.75, 3.05) is 13.7 Å². The minimum absolute atomic E-state index is 0.0598. The predicted molar refractivity (Wildman–Crippen MR) is 103 cm³/mol. The van der Waals surface area contributed by atoms with Crippen molar-refractivity contribution >= 4 is 16.5 Å². The van der Waals surface area contributed by atoms with Crippen LogP contribution in [0.1, 0.15) is 18.3 Å². The number of aromatic nitrogens is 1. The quantitative estimate of drug-likeness (QED) is 0.616. The molecule has 0 radical (unpaired) electrons. The molecule has 0 bridgehead atoms. The summed E-state index contributed by atoms with van der Waals surface area (Å²) in [6.45, 7) is 6.73. The Morgan fingerprint density at radius 1 is 1.12 bits per heavy atom. The number of fused-ring (bicyclic) bond motifs is 1. The van der Waals surface area contributed by atoms with E-state index in [1.54, 1.807) is 0 Å². The minimum atomic E-state index is 0.0598. The van der Waals surface area contributed by atoms with Gasteiger partial charge in [-0.05, 0) is 44.3 Å². The van der Waals surface area contributed by atoms with Crippen molar-refractivity contribution in [1.29, 1.82) is 0 Å². The Hall–Kier alpha value is -3.05. The summed E-state index contributed by atoms with van der Waals surface area (Å²) in [5, 5.41) is 15.3. The zero-order chi connectivity index (χ0) is 18.5. The molecule has 5 nitrogen and oxygen atoms in total. The molecule has 3 rings (SSSR count). The number of aromatic hydroxyl groups is 1. The van der Waals surface area contributed by atoms with Crippen LogP contribution >= 0.6 is 0 Å². The summed E-state index contributed by atoms with van der Waals surface area (Å²) in [5.74, 6) is 1.85. The Bertz CT molecular complexity index is 923. The zero-order valence-electron chi connectivity index (χ0n) is 15.0. The second kappa shape index (κ2) is 7.89. The predicted octanol–water partition coefficient (Wildman–Crippen LogP) is 4.46. The monoisotopic (exact) mass is 350 g/mol. The van der Waals surface area contributed by atoms with Gasteiger partial charge in [0.25, 0.3) is 0 Å². The third-order valence-electron chi connectivity index (χ3n) is 3.93. The summed E-state index contributed by atoms with van der Waals surface area (Å²) in [5.41, 5.74) is 1.15. The molecular formula is C21H22N2O3. The summed E-state index contributed by atoms with van der Waals surface area (Å²) < 4.78 is 11.3. The van der Waals surface area contributed by atoms with Crippen molar-refractivity contribution in [3.05, 3.63) is 66.5 Å². The lowest BCUT2D eigenvalue weighted by atomic mass is 10.1. The van der Waals surface area contributed by atoms with Gasteiger partial charge in [-0.15, -0.1) is 0 Å². The van der Waals surface area contributed by atoms with E-state index < -0.39 is 0 Å². The number of benzene rings is 2. The van der Waals surface area contributed by atoms with E-state index in [-0.39, 0.29) is 5.75 Å². The fourth-order valence-corrected chi connectivity index (χ4v) is 2.77. The summed E-state index contributed by atoms with van der Waals surface area (Å²) in [7, 11) is 1.85. The first-order valence-corrected chi connectivity index (χ1v) is 8.49. The van der Waals surface area contributed by atoms with Gasteiger partial charge in [0, 0.05) is 17.3 Å². The molecule has 1 heterocycles. The molecule has 0 saturated carbocycles. The average molecular weight is 350 g/mol. The lowest BCUT2D eigenvalue weighted by molar-refractivity contribution is 0.295. The largest absolute Gasteiger partial charge is 0.505 e. The maximum Gasteiger partial charge on any atom is 0.152 e. The van der Waals surface area contributed by atoms with Crippen molar-refractivity contribution in [2.45, 2.75) is 13.5 Å². The number of rotatable bonds is 7. The van der Waals surface area contributed by atoms with Crippen molar-refractivity contribution in [3.63, 3.8) is 0 Å². The van der Waals surface area contributed by atoms with Crippen LogP contribution in [0.3, 0.4) is 0 Å². The van der Waals surface area contributed by atoms with Gasteiger partial charge in [0.2, 0.25) is 0 Å². The smallest absolute Gasteiger partial charge is 0.152 e. The van der Waals surface area contributed by atoms with Gasteiger partial charge in [-0.2, -0.15) is 0 Å². The fraction of sp³-hybridized carbons (Fsp3) is 0.190. The van der Waals surface area contributed by atoms with Crippen LogP contribution in [0.15, 0.2) is 55.1 Å². The van der Waals surface area contributed by atoms with Crippen molar-refractivity contribution in [3.8, 4) is 17.2 Å². The Morgan fingerprint density at radius 2 is 1.88 bits per heavy atom. The topological polar surface area (TPSA) is 63.6 Å². The van der Waals surface area contributed by atoms with Crippen LogP contribution in [-0.4, -0.2) is 23.7 Å². The molecule has 2 aromatic carbocycles. The van der Waals surface area contributed by atoms with Gasteiger partial charge in [-0.1, -0.05) is 24.8 Å². The summed E-state index contributed by atoms with van der Waals surface area (Å²) in [6, 6.07) is 15.1. The van der Waals surface area contributed by atoms with Gasteiger partial charge in [-0.3, -0.25) is 0 Å². The highest BCUT2D eigenvalue weighted by Gasteiger charge is 2.17. The van der Waals surface area contributed by atoms with Gasteiger partial charge in [0.1, 0.15) is 23.0 Å². The molecule has 26 heavy (non-hydrogen) atoms. The molecule has 0 unspecified atom stereocenters. The molecule has 0 spiro atoms. The first-order chi connectivity index (χ1) is 12.6. The Balaban J connectivity index is 2.08. The maximum atomic E-state index is 10.7. The van der Waals surface area contributed by atoms with Crippen molar-refractivity contribution in [1.82, 2.24) is 10.3 Å². The lowest BCUT2D eigenvalue weighted by Gasteiger charge is -2.15. The molecule has 0 amide bonds. The van der Waals surface area contributed by atoms with Crippen LogP contribution in [0, 0.1) is 0 Å². The van der Waals surface area contributed by atoms with Crippen LogP contribution in [0.2, 0.25) is 0 Å². The number of pyridine rings is 1. The number of para-hydroxylation sites is 1. The van der Waals surface area contributed by atoms with Crippen molar-refractivity contribution < 1.29 is 14.6 Å². The molecule has 1 aromatic heterocycles. The molecule has 3 aromatic rings. The van der Waals surface area contributed by atoms with Gasteiger partial charge in [0.15, 0.2) is 5.75 Å². The molecule has 0 fully saturated rings. The SMILES string of the molecule is C=C(OCC)c1nc(CNC)c2cc(Oc3ccccc3)ccc2c1O. The van der Waals surface area contributed by atoms with Crippen LogP contribution in [0.4, 0.5) is 0 Å². The van der Waals surface area contributed by atoms with Crippen molar-refractivity contribution in [2.24, 2.45) is 0 Å². The van der Waals surface area contributed by atoms with Gasteiger partial charge in [-0.25, -0.2) is 4.98 Å². The highest BCUT2D eigenvalue weighted by Crippen LogP contribution is 2.36. The molecule has 134 valence electrons. The Kier molecular flexibility index (Phi) is 5.39. The number of hydrogen-bond acceptors (Lipinski definition) is 5. The highest BCUT2D eigenvalue weighted by molar-refractivity contribution is 5.93. The molecule has 0 saturated heterocycles. The van der Waals surface area contributed by atoms with Crippen LogP contribution in [-0.2, 0) is 11.3 Å². The second-order valence-corrected chi connectivity index (χ2v) is 5.76. The highest BCUT2D eigenvalue weighted by atomic mass is 16.5. The number of hydrogen-bond donors (Lipinski definition) is 2. The van der Waals surface area contributed by atoms with E-state index in [4.69, 9.17) is 9.47 Å². The van der Waals surface area contributed by atoms with Crippen LogP contribution in [0.25, 0.3) is 16.5 Å². The van der Waals surface area contributed by atoms with E-state index in [2.05, 4.69) is 16.9 Å². The first-order valence-electron chi connectivity index (χ1n) is 8.49. The average Bonchev–Trinajstić information content (AvgIpc) is 2.65. The molecule has 2 N–H and O–H groups in total. The van der Waals surface area contributed by atoms with E-state index in [0.29, 0.717) is 35.7 Å². The van der Waals surface area contributed by atoms with E-state index in [9.17, 15) is 5.11 Å². The summed E-state index contributed by atoms with van der Waals surface area (Å²) in [6.07, 6.45) is 0. The molecule has 0 aliphatic carbocycles. The van der Waals surface area contributed by atoms with Crippen LogP contribution < -0.4 is 10.1 Å². The molecule has 0 atom stereocenters. The fourth-order valence-electron chi connectivity index (χ4n) is 2.77. The van der Waals surface area contributed by atoms with Gasteiger partial charge in [0.05, 0.1) is 12.3 Å². The van der Waals surface area contributed by atoms with E-state index >= 15 is 0 Å². The summed E-state index contributed by atoms with van der Waals surface area (Å²) >= 11 is 0. The number of nitrogens with one attached hydrogen (secondary N) is 1.